The zero-order valence-electron chi connectivity index (χ0n) is 16.4. The summed E-state index contributed by atoms with van der Waals surface area (Å²) in [6.07, 6.45) is 2.32. The third-order valence-corrected chi connectivity index (χ3v) is 5.67. The first kappa shape index (κ1) is 20.0. The summed E-state index contributed by atoms with van der Waals surface area (Å²) in [5.74, 6) is 0.391. The number of nitrogens with zero attached hydrogens (tertiary/aromatic N) is 3. The molecule has 0 radical (unpaired) electrons. The topological polar surface area (TPSA) is 96.5 Å². The molecule has 1 aliphatic heterocycles. The molecule has 0 bridgehead atoms. The number of amides is 2. The number of rotatable bonds is 6. The lowest BCUT2D eigenvalue weighted by molar-refractivity contribution is -0.117. The smallest absolute Gasteiger partial charge is 0.276 e. The van der Waals surface area contributed by atoms with Gasteiger partial charge in [0.05, 0.1) is 19.3 Å². The molecule has 0 aliphatic carbocycles. The molecule has 4 rings (SSSR count). The van der Waals surface area contributed by atoms with E-state index >= 15 is 0 Å². The van der Waals surface area contributed by atoms with Crippen LogP contribution < -0.4 is 15.4 Å². The quantitative estimate of drug-likeness (QED) is 0.633. The van der Waals surface area contributed by atoms with E-state index in [2.05, 4.69) is 25.5 Å². The van der Waals surface area contributed by atoms with E-state index in [0.29, 0.717) is 23.9 Å². The molecule has 2 aromatic heterocycles. The maximum atomic E-state index is 12.4. The van der Waals surface area contributed by atoms with E-state index in [9.17, 15) is 9.59 Å². The molecule has 2 amide bonds. The van der Waals surface area contributed by atoms with Gasteiger partial charge in [-0.3, -0.25) is 24.8 Å². The highest BCUT2D eigenvalue weighted by Crippen LogP contribution is 2.28. The van der Waals surface area contributed by atoms with Crippen LogP contribution in [0.1, 0.15) is 21.1 Å². The summed E-state index contributed by atoms with van der Waals surface area (Å²) in [5.41, 5.74) is 2.06. The third kappa shape index (κ3) is 4.81. The SMILES string of the molecule is COc1ccc(NC(=O)CN2CCc3nc(NC(=O)c4ccccn4)sc3C2)cc1. The number of hydrogen-bond donors (Lipinski definition) is 2. The summed E-state index contributed by atoms with van der Waals surface area (Å²) in [4.78, 5) is 36.4. The van der Waals surface area contributed by atoms with E-state index in [1.807, 2.05) is 12.1 Å². The van der Waals surface area contributed by atoms with Crippen LogP contribution in [-0.4, -0.2) is 46.9 Å². The molecule has 1 aliphatic rings. The van der Waals surface area contributed by atoms with Crippen molar-refractivity contribution < 1.29 is 14.3 Å². The number of hydrogen-bond acceptors (Lipinski definition) is 7. The fraction of sp³-hybridized carbons (Fsp3) is 0.238. The Balaban J connectivity index is 1.33. The van der Waals surface area contributed by atoms with Crippen LogP contribution in [0.25, 0.3) is 0 Å². The minimum absolute atomic E-state index is 0.0724. The standard InChI is InChI=1S/C21H21N5O3S/c1-29-15-7-5-14(6-8-15)23-19(27)13-26-11-9-16-18(12-26)30-21(24-16)25-20(28)17-4-2-3-10-22-17/h2-8,10H,9,11-13H2,1H3,(H,23,27)(H,24,25,28). The molecular formula is C21H21N5O3S. The average Bonchev–Trinajstić information content (AvgIpc) is 3.16. The van der Waals surface area contributed by atoms with Crippen molar-refractivity contribution in [1.82, 2.24) is 14.9 Å². The van der Waals surface area contributed by atoms with Gasteiger partial charge in [0, 0.05) is 36.3 Å². The van der Waals surface area contributed by atoms with Crippen LogP contribution in [0.3, 0.4) is 0 Å². The number of ether oxygens (including phenoxy) is 1. The molecule has 0 atom stereocenters. The van der Waals surface area contributed by atoms with Crippen molar-refractivity contribution in [3.05, 3.63) is 64.9 Å². The second-order valence-corrected chi connectivity index (χ2v) is 7.88. The number of fused-ring (bicyclic) bond motifs is 1. The third-order valence-electron chi connectivity index (χ3n) is 4.67. The number of pyridine rings is 1. The van der Waals surface area contributed by atoms with Crippen molar-refractivity contribution in [2.24, 2.45) is 0 Å². The Morgan fingerprint density at radius 2 is 2.00 bits per heavy atom. The van der Waals surface area contributed by atoms with E-state index in [0.717, 1.165) is 35.0 Å². The molecule has 9 heteroatoms. The van der Waals surface area contributed by atoms with Gasteiger partial charge in [-0.15, -0.1) is 11.3 Å². The van der Waals surface area contributed by atoms with Crippen LogP contribution in [0, 0.1) is 0 Å². The first-order valence-corrected chi connectivity index (χ1v) is 10.3. The number of aromatic nitrogens is 2. The van der Waals surface area contributed by atoms with Gasteiger partial charge in [-0.1, -0.05) is 6.07 Å². The minimum atomic E-state index is -0.280. The lowest BCUT2D eigenvalue weighted by Crippen LogP contribution is -2.36. The second-order valence-electron chi connectivity index (χ2n) is 6.80. The summed E-state index contributed by atoms with van der Waals surface area (Å²) in [6, 6.07) is 12.4. The fourth-order valence-corrected chi connectivity index (χ4v) is 4.22. The summed E-state index contributed by atoms with van der Waals surface area (Å²) in [6.45, 7) is 1.65. The van der Waals surface area contributed by atoms with E-state index in [-0.39, 0.29) is 11.8 Å². The molecule has 30 heavy (non-hydrogen) atoms. The Labute approximate surface area is 177 Å². The Morgan fingerprint density at radius 1 is 1.17 bits per heavy atom. The molecule has 0 saturated heterocycles. The van der Waals surface area contributed by atoms with E-state index in [4.69, 9.17) is 4.74 Å². The predicted octanol–water partition coefficient (Wildman–Crippen LogP) is 2.80. The van der Waals surface area contributed by atoms with Gasteiger partial charge in [0.2, 0.25) is 5.91 Å². The molecule has 154 valence electrons. The largest absolute Gasteiger partial charge is 0.497 e. The molecule has 3 heterocycles. The Morgan fingerprint density at radius 3 is 2.73 bits per heavy atom. The molecule has 1 aromatic carbocycles. The molecular weight excluding hydrogens is 402 g/mol. The van der Waals surface area contributed by atoms with Gasteiger partial charge in [0.15, 0.2) is 5.13 Å². The Bertz CT molecular complexity index is 1040. The van der Waals surface area contributed by atoms with Crippen molar-refractivity contribution in [2.45, 2.75) is 13.0 Å². The summed E-state index contributed by atoms with van der Waals surface area (Å²) in [7, 11) is 1.60. The van der Waals surface area contributed by atoms with Crippen LogP contribution in [0.2, 0.25) is 0 Å². The Kier molecular flexibility index (Phi) is 6.01. The van der Waals surface area contributed by atoms with Gasteiger partial charge >= 0.3 is 0 Å². The monoisotopic (exact) mass is 423 g/mol. The van der Waals surface area contributed by atoms with Gasteiger partial charge in [-0.2, -0.15) is 0 Å². The normalized spacial score (nSPS) is 13.4. The number of anilines is 2. The van der Waals surface area contributed by atoms with E-state index in [1.54, 1.807) is 43.6 Å². The highest BCUT2D eigenvalue weighted by atomic mass is 32.1. The number of nitrogens with one attached hydrogen (secondary N) is 2. The van der Waals surface area contributed by atoms with Crippen molar-refractivity contribution in [1.29, 1.82) is 0 Å². The van der Waals surface area contributed by atoms with Crippen LogP contribution >= 0.6 is 11.3 Å². The minimum Gasteiger partial charge on any atom is -0.497 e. The van der Waals surface area contributed by atoms with Gasteiger partial charge in [-0.05, 0) is 36.4 Å². The number of benzene rings is 1. The zero-order valence-corrected chi connectivity index (χ0v) is 17.2. The molecule has 0 unspecified atom stereocenters. The van der Waals surface area contributed by atoms with E-state index < -0.39 is 0 Å². The van der Waals surface area contributed by atoms with Crippen LogP contribution in [0.15, 0.2) is 48.7 Å². The predicted molar refractivity (Wildman–Crippen MR) is 115 cm³/mol. The van der Waals surface area contributed by atoms with Crippen molar-refractivity contribution >= 4 is 34.0 Å². The van der Waals surface area contributed by atoms with Crippen molar-refractivity contribution in [2.75, 3.05) is 30.8 Å². The van der Waals surface area contributed by atoms with Gasteiger partial charge < -0.3 is 10.1 Å². The second kappa shape index (κ2) is 9.02. The molecule has 0 spiro atoms. The van der Waals surface area contributed by atoms with E-state index in [1.165, 1.54) is 11.3 Å². The molecule has 2 N–H and O–H groups in total. The maximum Gasteiger partial charge on any atom is 0.276 e. The molecule has 0 saturated carbocycles. The molecule has 3 aromatic rings. The molecule has 0 fully saturated rings. The van der Waals surface area contributed by atoms with Crippen LogP contribution in [0.5, 0.6) is 5.75 Å². The van der Waals surface area contributed by atoms with Gasteiger partial charge in [0.1, 0.15) is 11.4 Å². The zero-order chi connectivity index (χ0) is 20.9. The summed E-state index contributed by atoms with van der Waals surface area (Å²) >= 11 is 1.44. The van der Waals surface area contributed by atoms with Crippen LogP contribution in [-0.2, 0) is 17.8 Å². The lowest BCUT2D eigenvalue weighted by Gasteiger charge is -2.25. The molecule has 8 nitrogen and oxygen atoms in total. The Hall–Kier alpha value is -3.30. The highest BCUT2D eigenvalue weighted by Gasteiger charge is 2.23. The van der Waals surface area contributed by atoms with Gasteiger partial charge in [0.25, 0.3) is 5.91 Å². The van der Waals surface area contributed by atoms with Gasteiger partial charge in [-0.25, -0.2) is 4.98 Å². The first-order valence-electron chi connectivity index (χ1n) is 9.48. The number of methoxy groups -OCH3 is 1. The summed E-state index contributed by atoms with van der Waals surface area (Å²) < 4.78 is 5.12. The van der Waals surface area contributed by atoms with Crippen molar-refractivity contribution in [3.63, 3.8) is 0 Å². The fourth-order valence-electron chi connectivity index (χ4n) is 3.17. The average molecular weight is 423 g/mol. The van der Waals surface area contributed by atoms with Crippen molar-refractivity contribution in [3.8, 4) is 5.75 Å². The first-order chi connectivity index (χ1) is 14.6. The highest BCUT2D eigenvalue weighted by molar-refractivity contribution is 7.15. The number of thiazole rings is 1. The lowest BCUT2D eigenvalue weighted by atomic mass is 10.2. The summed E-state index contributed by atoms with van der Waals surface area (Å²) in [5, 5.41) is 6.27. The number of carbonyl (C=O) groups excluding carboxylic acids is 2. The maximum absolute atomic E-state index is 12.4. The number of carbonyl (C=O) groups is 2. The van der Waals surface area contributed by atoms with Crippen LogP contribution in [0.4, 0.5) is 10.8 Å².